The quantitative estimate of drug-likeness (QED) is 0.638. The summed E-state index contributed by atoms with van der Waals surface area (Å²) in [6.45, 7) is 6.50. The predicted octanol–water partition coefficient (Wildman–Crippen LogP) is 5.95. The Bertz CT molecular complexity index is 671. The van der Waals surface area contributed by atoms with E-state index in [1.165, 1.54) is 31.5 Å². The molecule has 0 unspecified atom stereocenters. The molecular formula is C19H23ClF3NO. The first kappa shape index (κ1) is 21.4. The zero-order chi connectivity index (χ0) is 19.3. The number of rotatable bonds is 2. The van der Waals surface area contributed by atoms with Gasteiger partial charge in [-0.2, -0.15) is 13.2 Å². The largest absolute Gasteiger partial charge is 0.408 e. The molecule has 0 aromatic heterocycles. The van der Waals surface area contributed by atoms with Gasteiger partial charge >= 0.3 is 6.18 Å². The maximum absolute atomic E-state index is 13.7. The van der Waals surface area contributed by atoms with Crippen molar-refractivity contribution < 1.29 is 18.0 Å². The van der Waals surface area contributed by atoms with Gasteiger partial charge in [0.15, 0.2) is 5.41 Å². The minimum absolute atomic E-state index is 0.0325. The number of carbonyl (C=O) groups is 1. The molecule has 0 radical (unpaired) electrons. The van der Waals surface area contributed by atoms with Crippen LogP contribution in [0.2, 0.25) is 5.02 Å². The normalized spacial score (nSPS) is 15.8. The van der Waals surface area contributed by atoms with Crippen molar-refractivity contribution in [1.82, 2.24) is 0 Å². The fraction of sp³-hybridized carbons (Fsp3) is 0.526. The minimum atomic E-state index is -4.59. The molecule has 0 saturated heterocycles. The molecule has 1 aliphatic carbocycles. The van der Waals surface area contributed by atoms with Crippen LogP contribution in [0.1, 0.15) is 52.5 Å². The first-order valence-electron chi connectivity index (χ1n) is 8.22. The molecule has 0 heterocycles. The first-order valence-corrected chi connectivity index (χ1v) is 8.60. The van der Waals surface area contributed by atoms with Gasteiger partial charge in [0, 0.05) is 29.1 Å². The van der Waals surface area contributed by atoms with E-state index in [4.69, 9.17) is 11.6 Å². The van der Waals surface area contributed by atoms with Crippen LogP contribution in [-0.4, -0.2) is 12.1 Å². The van der Waals surface area contributed by atoms with Crippen LogP contribution in [-0.2, 0) is 10.2 Å². The number of amides is 1. The van der Waals surface area contributed by atoms with Gasteiger partial charge in [0.05, 0.1) is 0 Å². The van der Waals surface area contributed by atoms with Gasteiger partial charge in [-0.1, -0.05) is 43.7 Å². The molecule has 2 rings (SSSR count). The predicted molar refractivity (Wildman–Crippen MR) is 95.6 cm³/mol. The van der Waals surface area contributed by atoms with Crippen molar-refractivity contribution in [2.45, 2.75) is 58.5 Å². The fourth-order valence-electron chi connectivity index (χ4n) is 1.99. The Morgan fingerprint density at radius 3 is 2.32 bits per heavy atom. The lowest BCUT2D eigenvalue weighted by Crippen LogP contribution is -2.39. The van der Waals surface area contributed by atoms with Gasteiger partial charge in [-0.3, -0.25) is 4.79 Å². The number of benzene rings is 1. The second kappa shape index (κ2) is 8.62. The number of anilines is 1. The zero-order valence-corrected chi connectivity index (χ0v) is 15.6. The SMILES string of the molecule is CC(=O)Nc1ccc(Cl)cc1[C@@](C)(C#CC1CC1)C(F)(F)F.CCC. The zero-order valence-electron chi connectivity index (χ0n) is 14.9. The molecule has 6 heteroatoms. The third kappa shape index (κ3) is 5.97. The molecule has 138 valence electrons. The van der Waals surface area contributed by atoms with Crippen LogP contribution in [0.3, 0.4) is 0 Å². The molecule has 25 heavy (non-hydrogen) atoms. The highest BCUT2D eigenvalue weighted by atomic mass is 35.5. The summed E-state index contributed by atoms with van der Waals surface area (Å²) >= 11 is 5.86. The summed E-state index contributed by atoms with van der Waals surface area (Å²) < 4.78 is 41.0. The van der Waals surface area contributed by atoms with Crippen LogP contribution in [0.5, 0.6) is 0 Å². The number of carbonyl (C=O) groups excluding carboxylic acids is 1. The highest BCUT2D eigenvalue weighted by molar-refractivity contribution is 6.30. The molecule has 1 aromatic rings. The summed E-state index contributed by atoms with van der Waals surface area (Å²) in [5.41, 5.74) is -2.46. The summed E-state index contributed by atoms with van der Waals surface area (Å²) in [5.74, 6) is 4.62. The highest BCUT2D eigenvalue weighted by Gasteiger charge is 2.52. The van der Waals surface area contributed by atoms with E-state index in [0.717, 1.165) is 19.8 Å². The van der Waals surface area contributed by atoms with Crippen LogP contribution in [0.25, 0.3) is 0 Å². The number of alkyl halides is 3. The molecule has 0 spiro atoms. The van der Waals surface area contributed by atoms with Crippen LogP contribution in [0.15, 0.2) is 18.2 Å². The number of hydrogen-bond acceptors (Lipinski definition) is 1. The van der Waals surface area contributed by atoms with Crippen LogP contribution >= 0.6 is 11.6 Å². The molecule has 1 aromatic carbocycles. The van der Waals surface area contributed by atoms with Crippen molar-refractivity contribution >= 4 is 23.2 Å². The third-order valence-electron chi connectivity index (χ3n) is 3.50. The lowest BCUT2D eigenvalue weighted by atomic mass is 9.81. The Morgan fingerprint density at radius 2 is 1.88 bits per heavy atom. The summed E-state index contributed by atoms with van der Waals surface area (Å²) in [4.78, 5) is 11.2. The molecule has 1 aliphatic rings. The second-order valence-electron chi connectivity index (χ2n) is 6.24. The molecule has 1 N–H and O–H groups in total. The monoisotopic (exact) mass is 373 g/mol. The highest BCUT2D eigenvalue weighted by Crippen LogP contribution is 2.44. The topological polar surface area (TPSA) is 29.1 Å². The Morgan fingerprint density at radius 1 is 1.32 bits per heavy atom. The van der Waals surface area contributed by atoms with Crippen LogP contribution in [0.4, 0.5) is 18.9 Å². The van der Waals surface area contributed by atoms with Gasteiger partial charge in [0.2, 0.25) is 5.91 Å². The van der Waals surface area contributed by atoms with E-state index >= 15 is 0 Å². The molecule has 0 aliphatic heterocycles. The van der Waals surface area contributed by atoms with E-state index in [1.54, 1.807) is 0 Å². The Labute approximate surface area is 152 Å². The van der Waals surface area contributed by atoms with E-state index in [1.807, 2.05) is 0 Å². The van der Waals surface area contributed by atoms with Crippen LogP contribution in [0, 0.1) is 17.8 Å². The van der Waals surface area contributed by atoms with E-state index in [9.17, 15) is 18.0 Å². The third-order valence-corrected chi connectivity index (χ3v) is 3.74. The average Bonchev–Trinajstić information content (AvgIpc) is 3.30. The van der Waals surface area contributed by atoms with Crippen molar-refractivity contribution in [3.8, 4) is 11.8 Å². The molecule has 2 nitrogen and oxygen atoms in total. The number of hydrogen-bond donors (Lipinski definition) is 1. The van der Waals surface area contributed by atoms with Gasteiger partial charge in [0.25, 0.3) is 0 Å². The first-order chi connectivity index (χ1) is 11.5. The summed E-state index contributed by atoms with van der Waals surface area (Å²) in [6, 6.07) is 4.01. The van der Waals surface area contributed by atoms with Crippen molar-refractivity contribution in [2.24, 2.45) is 5.92 Å². The van der Waals surface area contributed by atoms with E-state index in [0.29, 0.717) is 0 Å². The lowest BCUT2D eigenvalue weighted by molar-refractivity contribution is -0.167. The Balaban J connectivity index is 0.000000970. The average molecular weight is 374 g/mol. The smallest absolute Gasteiger partial charge is 0.326 e. The van der Waals surface area contributed by atoms with Gasteiger partial charge in [-0.15, -0.1) is 0 Å². The van der Waals surface area contributed by atoms with E-state index in [-0.39, 0.29) is 22.2 Å². The molecule has 1 atom stereocenters. The number of nitrogens with one attached hydrogen (secondary N) is 1. The summed E-state index contributed by atoms with van der Waals surface area (Å²) in [7, 11) is 0. The van der Waals surface area contributed by atoms with Crippen molar-refractivity contribution in [1.29, 1.82) is 0 Å². The molecule has 0 bridgehead atoms. The number of halogens is 4. The van der Waals surface area contributed by atoms with Gasteiger partial charge in [-0.25, -0.2) is 0 Å². The standard InChI is InChI=1S/C16H15ClF3NO.C3H8/c1-10(22)21-14-6-5-12(17)9-13(14)15(2,16(18,19)20)8-7-11-3-4-11;1-3-2/h5-6,9,11H,3-4H2,1-2H3,(H,21,22);3H2,1-2H3/t15-;/m1./s1. The van der Waals surface area contributed by atoms with Crippen LogP contribution < -0.4 is 5.32 Å². The van der Waals surface area contributed by atoms with E-state index < -0.39 is 17.5 Å². The summed E-state index contributed by atoms with van der Waals surface area (Å²) in [5, 5.41) is 2.58. The van der Waals surface area contributed by atoms with Gasteiger partial charge in [0.1, 0.15) is 0 Å². The van der Waals surface area contributed by atoms with Gasteiger partial charge in [-0.05, 0) is 38.0 Å². The van der Waals surface area contributed by atoms with Crippen molar-refractivity contribution in [3.63, 3.8) is 0 Å². The lowest BCUT2D eigenvalue weighted by Gasteiger charge is -2.29. The van der Waals surface area contributed by atoms with Crippen molar-refractivity contribution in [3.05, 3.63) is 28.8 Å². The Hall–Kier alpha value is -1.67. The Kier molecular flexibility index (Phi) is 7.37. The molecular weight excluding hydrogens is 351 g/mol. The molecule has 1 amide bonds. The fourth-order valence-corrected chi connectivity index (χ4v) is 2.17. The molecule has 1 saturated carbocycles. The molecule has 1 fully saturated rings. The van der Waals surface area contributed by atoms with E-state index in [2.05, 4.69) is 31.0 Å². The minimum Gasteiger partial charge on any atom is -0.326 e. The maximum atomic E-state index is 13.7. The summed E-state index contributed by atoms with van der Waals surface area (Å²) in [6.07, 6.45) is -1.68. The second-order valence-corrected chi connectivity index (χ2v) is 6.68. The van der Waals surface area contributed by atoms with Crippen molar-refractivity contribution in [2.75, 3.05) is 5.32 Å². The maximum Gasteiger partial charge on any atom is 0.408 e. The van der Waals surface area contributed by atoms with Gasteiger partial charge < -0.3 is 5.32 Å².